The molecule has 14 heavy (non-hydrogen) atoms. The van der Waals surface area contributed by atoms with Crippen LogP contribution in [0.3, 0.4) is 0 Å². The van der Waals surface area contributed by atoms with Crippen LogP contribution < -0.4 is 5.32 Å². The van der Waals surface area contributed by atoms with Crippen LogP contribution in [0.15, 0.2) is 6.20 Å². The van der Waals surface area contributed by atoms with Crippen LogP contribution in [0.25, 0.3) is 0 Å². The van der Waals surface area contributed by atoms with Crippen LogP contribution in [0, 0.1) is 6.92 Å². The first kappa shape index (κ1) is 9.67. The molecule has 0 spiro atoms. The summed E-state index contributed by atoms with van der Waals surface area (Å²) in [6.07, 6.45) is 1.76. The number of imidazole rings is 1. The molecule has 1 aromatic rings. The number of aromatic amines is 1. The normalized spacial score (nSPS) is 20.6. The van der Waals surface area contributed by atoms with Crippen molar-refractivity contribution in [2.75, 3.05) is 11.5 Å². The van der Waals surface area contributed by atoms with Gasteiger partial charge in [-0.3, -0.25) is 0 Å². The fraction of sp³-hybridized carbons (Fsp3) is 0.625. The van der Waals surface area contributed by atoms with Gasteiger partial charge in [-0.1, -0.05) is 0 Å². The van der Waals surface area contributed by atoms with Crippen molar-refractivity contribution in [3.63, 3.8) is 0 Å². The first-order chi connectivity index (χ1) is 6.55. The minimum absolute atomic E-state index is 0.102. The highest BCUT2D eigenvalue weighted by molar-refractivity contribution is 7.92. The van der Waals surface area contributed by atoms with E-state index in [1.807, 2.05) is 6.92 Å². The van der Waals surface area contributed by atoms with E-state index in [0.29, 0.717) is 6.54 Å². The third-order valence-electron chi connectivity index (χ3n) is 2.22. The number of nitrogens with zero attached hydrogens (tertiary/aromatic N) is 1. The Bertz CT molecular complexity index is 412. The zero-order valence-corrected chi connectivity index (χ0v) is 8.76. The number of hydrogen-bond donors (Lipinski definition) is 2. The van der Waals surface area contributed by atoms with Crippen LogP contribution >= 0.6 is 0 Å². The molecule has 1 aromatic heterocycles. The highest BCUT2D eigenvalue weighted by Gasteiger charge is 2.32. The molecule has 1 fully saturated rings. The zero-order valence-electron chi connectivity index (χ0n) is 7.95. The molecule has 1 aliphatic heterocycles. The number of nitrogens with one attached hydrogen (secondary N) is 2. The van der Waals surface area contributed by atoms with Crippen LogP contribution in [0.1, 0.15) is 11.5 Å². The maximum absolute atomic E-state index is 10.8. The van der Waals surface area contributed by atoms with Gasteiger partial charge < -0.3 is 10.3 Å². The van der Waals surface area contributed by atoms with Gasteiger partial charge in [-0.05, 0) is 6.92 Å². The van der Waals surface area contributed by atoms with Crippen molar-refractivity contribution in [2.45, 2.75) is 19.5 Å². The van der Waals surface area contributed by atoms with E-state index in [9.17, 15) is 8.42 Å². The van der Waals surface area contributed by atoms with E-state index in [-0.39, 0.29) is 17.5 Å². The summed E-state index contributed by atoms with van der Waals surface area (Å²) in [7, 11) is -2.72. The van der Waals surface area contributed by atoms with E-state index in [1.54, 1.807) is 6.20 Å². The Morgan fingerprint density at radius 2 is 2.36 bits per heavy atom. The maximum Gasteiger partial charge on any atom is 0.153 e. The number of aromatic nitrogens is 2. The lowest BCUT2D eigenvalue weighted by molar-refractivity contribution is 0.506. The second-order valence-corrected chi connectivity index (χ2v) is 5.82. The van der Waals surface area contributed by atoms with Crippen molar-refractivity contribution in [1.29, 1.82) is 0 Å². The minimum atomic E-state index is -2.72. The molecular weight excluding hydrogens is 202 g/mol. The van der Waals surface area contributed by atoms with Gasteiger partial charge in [0.2, 0.25) is 0 Å². The molecular formula is C8H13N3O2S. The van der Waals surface area contributed by atoms with Gasteiger partial charge in [0, 0.05) is 17.9 Å². The molecule has 0 atom stereocenters. The molecule has 0 aliphatic carbocycles. The summed E-state index contributed by atoms with van der Waals surface area (Å²) in [5.41, 5.74) is 1.02. The monoisotopic (exact) mass is 215 g/mol. The quantitative estimate of drug-likeness (QED) is 0.719. The van der Waals surface area contributed by atoms with Gasteiger partial charge >= 0.3 is 0 Å². The molecule has 0 bridgehead atoms. The fourth-order valence-corrected chi connectivity index (χ4v) is 2.84. The molecule has 2 N–H and O–H groups in total. The number of H-pyrrole nitrogens is 1. The van der Waals surface area contributed by atoms with E-state index >= 15 is 0 Å². The van der Waals surface area contributed by atoms with Crippen molar-refractivity contribution >= 4 is 9.84 Å². The molecule has 5 nitrogen and oxygen atoms in total. The Labute approximate surface area is 82.9 Å². The molecule has 0 saturated carbocycles. The highest BCUT2D eigenvalue weighted by atomic mass is 32.2. The molecule has 0 unspecified atom stereocenters. The van der Waals surface area contributed by atoms with Crippen molar-refractivity contribution < 1.29 is 8.42 Å². The Hall–Kier alpha value is -0.880. The van der Waals surface area contributed by atoms with Crippen LogP contribution in [0.2, 0.25) is 0 Å². The number of aryl methyl sites for hydroxylation is 1. The Balaban J connectivity index is 1.79. The zero-order chi connectivity index (χ0) is 10.2. The summed E-state index contributed by atoms with van der Waals surface area (Å²) in [6.45, 7) is 2.54. The predicted molar refractivity (Wildman–Crippen MR) is 52.6 cm³/mol. The second kappa shape index (κ2) is 3.36. The summed E-state index contributed by atoms with van der Waals surface area (Å²) < 4.78 is 21.7. The molecule has 2 heterocycles. The van der Waals surface area contributed by atoms with Gasteiger partial charge in [-0.25, -0.2) is 13.4 Å². The van der Waals surface area contributed by atoms with Crippen LogP contribution in [0.5, 0.6) is 0 Å². The fourth-order valence-electron chi connectivity index (χ4n) is 1.48. The Morgan fingerprint density at radius 3 is 2.86 bits per heavy atom. The van der Waals surface area contributed by atoms with Crippen LogP contribution in [-0.2, 0) is 16.4 Å². The second-order valence-electron chi connectivity index (χ2n) is 3.67. The smallest absolute Gasteiger partial charge is 0.153 e. The number of rotatable bonds is 3. The van der Waals surface area contributed by atoms with Gasteiger partial charge in [0.05, 0.1) is 18.1 Å². The third kappa shape index (κ3) is 2.13. The predicted octanol–water partition coefficient (Wildman–Crippen LogP) is -0.395. The molecule has 0 aromatic carbocycles. The molecule has 6 heteroatoms. The van der Waals surface area contributed by atoms with Crippen molar-refractivity contribution in [3.8, 4) is 0 Å². The van der Waals surface area contributed by atoms with Crippen molar-refractivity contribution in [3.05, 3.63) is 17.7 Å². The van der Waals surface area contributed by atoms with Crippen molar-refractivity contribution in [1.82, 2.24) is 15.3 Å². The first-order valence-electron chi connectivity index (χ1n) is 4.49. The summed E-state index contributed by atoms with van der Waals surface area (Å²) in [5, 5.41) is 3.13. The van der Waals surface area contributed by atoms with Gasteiger partial charge in [-0.2, -0.15) is 0 Å². The van der Waals surface area contributed by atoms with Crippen LogP contribution in [0.4, 0.5) is 0 Å². The summed E-state index contributed by atoms with van der Waals surface area (Å²) in [6, 6.07) is 0.102. The van der Waals surface area contributed by atoms with E-state index in [2.05, 4.69) is 15.3 Å². The minimum Gasteiger partial charge on any atom is -0.345 e. The van der Waals surface area contributed by atoms with E-state index in [0.717, 1.165) is 11.5 Å². The number of sulfone groups is 1. The highest BCUT2D eigenvalue weighted by Crippen LogP contribution is 2.10. The van der Waals surface area contributed by atoms with Gasteiger partial charge in [-0.15, -0.1) is 0 Å². The third-order valence-corrected chi connectivity index (χ3v) is 4.04. The lowest BCUT2D eigenvalue weighted by atomic mass is 10.3. The maximum atomic E-state index is 10.8. The summed E-state index contributed by atoms with van der Waals surface area (Å²) in [5.74, 6) is 1.37. The molecule has 0 amide bonds. The van der Waals surface area contributed by atoms with Crippen LogP contribution in [-0.4, -0.2) is 35.9 Å². The number of hydrogen-bond acceptors (Lipinski definition) is 4. The Kier molecular flexibility index (Phi) is 2.32. The average molecular weight is 215 g/mol. The van der Waals surface area contributed by atoms with Gasteiger partial charge in [0.1, 0.15) is 5.82 Å². The first-order valence-corrected chi connectivity index (χ1v) is 6.31. The van der Waals surface area contributed by atoms with E-state index in [1.165, 1.54) is 0 Å². The molecule has 2 rings (SSSR count). The lowest BCUT2D eigenvalue weighted by Crippen LogP contribution is -2.50. The molecule has 0 radical (unpaired) electrons. The largest absolute Gasteiger partial charge is 0.345 e. The topological polar surface area (TPSA) is 74.8 Å². The van der Waals surface area contributed by atoms with Gasteiger partial charge in [0.25, 0.3) is 0 Å². The average Bonchev–Trinajstić information content (AvgIpc) is 2.44. The summed E-state index contributed by atoms with van der Waals surface area (Å²) in [4.78, 5) is 7.19. The Morgan fingerprint density at radius 1 is 1.64 bits per heavy atom. The standard InChI is InChI=1S/C8H13N3O2S/c1-6-2-10-8(11-6)3-9-7-4-14(12,13)5-7/h2,7,9H,3-5H2,1H3,(H,10,11). The van der Waals surface area contributed by atoms with E-state index in [4.69, 9.17) is 0 Å². The molecule has 78 valence electrons. The van der Waals surface area contributed by atoms with Gasteiger partial charge in [0.15, 0.2) is 9.84 Å². The lowest BCUT2D eigenvalue weighted by Gasteiger charge is -2.26. The SMILES string of the molecule is Cc1cnc(CNC2CS(=O)(=O)C2)[nH]1. The molecule has 1 saturated heterocycles. The van der Waals surface area contributed by atoms with Crippen molar-refractivity contribution in [2.24, 2.45) is 0 Å². The summed E-state index contributed by atoms with van der Waals surface area (Å²) >= 11 is 0. The molecule has 1 aliphatic rings. The van der Waals surface area contributed by atoms with E-state index < -0.39 is 9.84 Å².